The van der Waals surface area contributed by atoms with E-state index >= 15 is 0 Å². The Bertz CT molecular complexity index is 1890. The zero-order chi connectivity index (χ0) is 28.9. The average Bonchev–Trinajstić information content (AvgIpc) is 3.61. The molecule has 2 fully saturated rings. The summed E-state index contributed by atoms with van der Waals surface area (Å²) in [5.74, 6) is 3.33. The highest BCUT2D eigenvalue weighted by Crippen LogP contribution is 2.42. The second kappa shape index (κ2) is 10.6. The predicted molar refractivity (Wildman–Crippen MR) is 173 cm³/mol. The van der Waals surface area contributed by atoms with Crippen molar-refractivity contribution >= 4 is 22.4 Å². The van der Waals surface area contributed by atoms with Crippen LogP contribution in [-0.4, -0.2) is 80.0 Å². The normalized spacial score (nSPS) is 19.6. The maximum absolute atomic E-state index is 5.36. The molecule has 0 bridgehead atoms. The molecule has 6 aromatic rings. The fourth-order valence-electron chi connectivity index (χ4n) is 6.87. The number of likely N-dealkylation sites (N-methyl/N-ethyl adjacent to an activating group) is 1. The molecule has 0 unspecified atom stereocenters. The third-order valence-electron chi connectivity index (χ3n) is 9.33. The molecule has 0 spiro atoms. The Kier molecular flexibility index (Phi) is 6.46. The van der Waals surface area contributed by atoms with Crippen LogP contribution in [0.2, 0.25) is 0 Å². The summed E-state index contributed by atoms with van der Waals surface area (Å²) < 4.78 is 4.51. The monoisotopic (exact) mass is 568 g/mol. The minimum atomic E-state index is 0.434. The van der Waals surface area contributed by atoms with E-state index in [0.717, 1.165) is 95.5 Å². The first-order valence-corrected chi connectivity index (χ1v) is 15.3. The van der Waals surface area contributed by atoms with Gasteiger partial charge in [0.2, 0.25) is 0 Å². The number of piperazine rings is 1. The van der Waals surface area contributed by atoms with Gasteiger partial charge in [-0.2, -0.15) is 0 Å². The Morgan fingerprint density at radius 2 is 1.56 bits per heavy atom. The van der Waals surface area contributed by atoms with E-state index in [2.05, 4.69) is 109 Å². The molecule has 1 aliphatic carbocycles. The highest BCUT2D eigenvalue weighted by Gasteiger charge is 2.38. The van der Waals surface area contributed by atoms with E-state index in [9.17, 15) is 0 Å². The third-order valence-corrected chi connectivity index (χ3v) is 9.33. The topological polar surface area (TPSA) is 66.5 Å². The number of nitrogens with one attached hydrogen (secondary N) is 1. The Balaban J connectivity index is 1.21. The summed E-state index contributed by atoms with van der Waals surface area (Å²) in [4.78, 5) is 20.3. The second-order valence-corrected chi connectivity index (χ2v) is 11.9. The Labute approximate surface area is 251 Å². The lowest BCUT2D eigenvalue weighted by Gasteiger charge is -2.45. The van der Waals surface area contributed by atoms with Gasteiger partial charge in [-0.15, -0.1) is 0 Å². The van der Waals surface area contributed by atoms with Gasteiger partial charge in [0.25, 0.3) is 0 Å². The molecule has 0 radical (unpaired) electrons. The van der Waals surface area contributed by atoms with Gasteiger partial charge in [-0.1, -0.05) is 54.6 Å². The summed E-state index contributed by atoms with van der Waals surface area (Å²) in [5.41, 5.74) is 7.21. The van der Waals surface area contributed by atoms with Crippen LogP contribution >= 0.6 is 0 Å². The molecule has 8 rings (SSSR count). The SMILES string of the molecule is CNc1nccn2c(C3CC(N4CCN(C)CC4)C3)nc(-c3ccc4c(c3)nc(-c3ccccc3)n4-c3ccccc3)c12. The van der Waals surface area contributed by atoms with Crippen molar-refractivity contribution in [3.05, 3.63) is 97.1 Å². The Morgan fingerprint density at radius 3 is 2.30 bits per heavy atom. The first kappa shape index (κ1) is 26.1. The lowest BCUT2D eigenvalue weighted by Crippen LogP contribution is -2.52. The molecule has 8 heteroatoms. The van der Waals surface area contributed by atoms with Gasteiger partial charge in [0.05, 0.1) is 11.0 Å². The van der Waals surface area contributed by atoms with Crippen LogP contribution in [0.3, 0.4) is 0 Å². The van der Waals surface area contributed by atoms with Crippen LogP contribution < -0.4 is 5.32 Å². The molecule has 4 heterocycles. The Hall–Kier alpha value is -4.53. The standard InChI is InChI=1S/C35H36N8/c1-36-33-32-31(39-34(42(32)16-15-37-33)26-21-28(22-26)41-19-17-40(2)18-20-41)25-13-14-30-29(23-25)38-35(24-9-5-3-6-10-24)43(30)27-11-7-4-8-12-27/h3-16,23,26,28H,17-22H2,1-2H3,(H,36,37). The molecule has 0 amide bonds. The third kappa shape index (κ3) is 4.49. The quantitative estimate of drug-likeness (QED) is 0.268. The van der Waals surface area contributed by atoms with Gasteiger partial charge in [-0.05, 0) is 44.2 Å². The van der Waals surface area contributed by atoms with Gasteiger partial charge in [-0.3, -0.25) is 13.9 Å². The number of para-hydroxylation sites is 1. The molecule has 2 aliphatic rings. The van der Waals surface area contributed by atoms with Crippen molar-refractivity contribution in [3.8, 4) is 28.3 Å². The molecule has 216 valence electrons. The number of hydrogen-bond donors (Lipinski definition) is 1. The fourth-order valence-corrected chi connectivity index (χ4v) is 6.87. The van der Waals surface area contributed by atoms with E-state index in [0.29, 0.717) is 12.0 Å². The minimum Gasteiger partial charge on any atom is -0.371 e. The lowest BCUT2D eigenvalue weighted by molar-refractivity contribution is 0.0586. The largest absolute Gasteiger partial charge is 0.371 e. The summed E-state index contributed by atoms with van der Waals surface area (Å²) in [6.07, 6.45) is 6.25. The van der Waals surface area contributed by atoms with Crippen LogP contribution in [0.25, 0.3) is 44.9 Å². The van der Waals surface area contributed by atoms with Gasteiger partial charge in [0.15, 0.2) is 5.82 Å². The van der Waals surface area contributed by atoms with Crippen LogP contribution in [0.1, 0.15) is 24.6 Å². The van der Waals surface area contributed by atoms with Crippen molar-refractivity contribution in [2.24, 2.45) is 0 Å². The van der Waals surface area contributed by atoms with Crippen LogP contribution in [0.15, 0.2) is 91.3 Å². The van der Waals surface area contributed by atoms with Crippen molar-refractivity contribution in [1.29, 1.82) is 0 Å². The minimum absolute atomic E-state index is 0.434. The first-order chi connectivity index (χ1) is 21.2. The maximum Gasteiger partial charge on any atom is 0.152 e. The zero-order valence-electron chi connectivity index (χ0n) is 24.7. The summed E-state index contributed by atoms with van der Waals surface area (Å²) in [6, 6.07) is 28.1. The van der Waals surface area contributed by atoms with E-state index in [1.165, 1.54) is 0 Å². The number of rotatable bonds is 6. The van der Waals surface area contributed by atoms with E-state index in [-0.39, 0.29) is 0 Å². The molecule has 3 aromatic carbocycles. The number of nitrogens with zero attached hydrogens (tertiary/aromatic N) is 7. The first-order valence-electron chi connectivity index (χ1n) is 15.3. The molecular formula is C35H36N8. The molecule has 43 heavy (non-hydrogen) atoms. The Morgan fingerprint density at radius 1 is 0.814 bits per heavy atom. The highest BCUT2D eigenvalue weighted by atomic mass is 15.3. The van der Waals surface area contributed by atoms with Gasteiger partial charge in [0.1, 0.15) is 22.9 Å². The summed E-state index contributed by atoms with van der Waals surface area (Å²) in [6.45, 7) is 4.64. The number of hydrogen-bond acceptors (Lipinski definition) is 6. The molecule has 8 nitrogen and oxygen atoms in total. The van der Waals surface area contributed by atoms with Gasteiger partial charge in [0, 0.05) is 74.4 Å². The van der Waals surface area contributed by atoms with E-state index in [1.54, 1.807) is 0 Å². The second-order valence-electron chi connectivity index (χ2n) is 11.9. The highest BCUT2D eigenvalue weighted by molar-refractivity contribution is 5.92. The molecule has 3 aromatic heterocycles. The molecule has 1 saturated carbocycles. The van der Waals surface area contributed by atoms with Crippen molar-refractivity contribution in [3.63, 3.8) is 0 Å². The maximum atomic E-state index is 5.36. The van der Waals surface area contributed by atoms with Crippen LogP contribution in [-0.2, 0) is 0 Å². The van der Waals surface area contributed by atoms with E-state index in [1.807, 2.05) is 25.4 Å². The fraction of sp³-hybridized carbons (Fsp3) is 0.286. The van der Waals surface area contributed by atoms with Gasteiger partial charge >= 0.3 is 0 Å². The number of imidazole rings is 2. The zero-order valence-corrected chi connectivity index (χ0v) is 24.7. The van der Waals surface area contributed by atoms with Gasteiger partial charge in [-0.25, -0.2) is 15.0 Å². The molecule has 1 aliphatic heterocycles. The smallest absolute Gasteiger partial charge is 0.152 e. The molecular weight excluding hydrogens is 532 g/mol. The van der Waals surface area contributed by atoms with Crippen molar-refractivity contribution in [2.45, 2.75) is 24.8 Å². The van der Waals surface area contributed by atoms with E-state index in [4.69, 9.17) is 9.97 Å². The summed E-state index contributed by atoms with van der Waals surface area (Å²) in [7, 11) is 4.15. The number of benzene rings is 3. The van der Waals surface area contributed by atoms with Crippen molar-refractivity contribution < 1.29 is 0 Å². The molecule has 1 saturated heterocycles. The summed E-state index contributed by atoms with van der Waals surface area (Å²) >= 11 is 0. The molecule has 0 atom stereocenters. The predicted octanol–water partition coefficient (Wildman–Crippen LogP) is 5.94. The number of anilines is 1. The average molecular weight is 569 g/mol. The van der Waals surface area contributed by atoms with Crippen LogP contribution in [0.4, 0.5) is 5.82 Å². The van der Waals surface area contributed by atoms with Crippen LogP contribution in [0.5, 0.6) is 0 Å². The summed E-state index contributed by atoms with van der Waals surface area (Å²) in [5, 5.41) is 3.32. The number of aromatic nitrogens is 5. The van der Waals surface area contributed by atoms with Gasteiger partial charge < -0.3 is 10.2 Å². The lowest BCUT2D eigenvalue weighted by atomic mass is 9.78. The molecule has 1 N–H and O–H groups in total. The van der Waals surface area contributed by atoms with Crippen molar-refractivity contribution in [1.82, 2.24) is 33.7 Å². The number of fused-ring (bicyclic) bond motifs is 2. The van der Waals surface area contributed by atoms with E-state index < -0.39 is 0 Å². The van der Waals surface area contributed by atoms with Crippen molar-refractivity contribution in [2.75, 3.05) is 45.6 Å². The van der Waals surface area contributed by atoms with Crippen LogP contribution in [0, 0.1) is 0 Å².